The lowest BCUT2D eigenvalue weighted by Crippen LogP contribution is -2.34. The molecule has 2 aromatic heterocycles. The molecule has 6 nitrogen and oxygen atoms in total. The summed E-state index contributed by atoms with van der Waals surface area (Å²) < 4.78 is 40.5. The zero-order valence-electron chi connectivity index (χ0n) is 18.1. The molecule has 170 valence electrons. The number of carbonyl (C=O) groups is 1. The number of nitrogens with zero attached hydrogens (tertiary/aromatic N) is 5. The SMILES string of the molecule is CC(=O)N1CCN(Cc2ccc(C(F)(F)F)cc2)CC(Cc2cn3cc(C)nc3cn2)C1. The van der Waals surface area contributed by atoms with E-state index in [0.717, 1.165) is 41.3 Å². The van der Waals surface area contributed by atoms with Crippen molar-refractivity contribution >= 4 is 11.6 Å². The Labute approximate surface area is 184 Å². The van der Waals surface area contributed by atoms with E-state index in [1.54, 1.807) is 13.1 Å². The van der Waals surface area contributed by atoms with E-state index in [1.807, 2.05) is 28.6 Å². The van der Waals surface area contributed by atoms with Gasteiger partial charge in [-0.25, -0.2) is 4.98 Å². The normalized spacial score (nSPS) is 18.2. The zero-order chi connectivity index (χ0) is 22.9. The Morgan fingerprint density at radius 3 is 2.56 bits per heavy atom. The van der Waals surface area contributed by atoms with Crippen LogP contribution in [0.4, 0.5) is 13.2 Å². The molecular weight excluding hydrogens is 419 g/mol. The number of carbonyl (C=O) groups excluding carboxylic acids is 1. The number of fused-ring (bicyclic) bond motifs is 1. The summed E-state index contributed by atoms with van der Waals surface area (Å²) in [5.74, 6) is 0.186. The monoisotopic (exact) mass is 445 g/mol. The van der Waals surface area contributed by atoms with Gasteiger partial charge in [-0.15, -0.1) is 0 Å². The molecule has 1 aromatic carbocycles. The third kappa shape index (κ3) is 5.27. The van der Waals surface area contributed by atoms with Crippen LogP contribution in [0.25, 0.3) is 5.65 Å². The Kier molecular flexibility index (Phi) is 6.19. The van der Waals surface area contributed by atoms with Gasteiger partial charge >= 0.3 is 6.18 Å². The minimum atomic E-state index is -4.34. The summed E-state index contributed by atoms with van der Waals surface area (Å²) in [4.78, 5) is 25.1. The topological polar surface area (TPSA) is 53.7 Å². The van der Waals surface area contributed by atoms with Crippen LogP contribution in [0.5, 0.6) is 0 Å². The average molecular weight is 445 g/mol. The maximum absolute atomic E-state index is 12.8. The molecule has 32 heavy (non-hydrogen) atoms. The van der Waals surface area contributed by atoms with Crippen LogP contribution in [0.2, 0.25) is 0 Å². The first-order valence-electron chi connectivity index (χ1n) is 10.6. The van der Waals surface area contributed by atoms with Crippen LogP contribution in [0.3, 0.4) is 0 Å². The highest BCUT2D eigenvalue weighted by atomic mass is 19.4. The van der Waals surface area contributed by atoms with Crippen LogP contribution in [-0.2, 0) is 23.9 Å². The molecular formula is C23H26F3N5O. The third-order valence-electron chi connectivity index (χ3n) is 5.83. The molecule has 1 aliphatic heterocycles. The number of alkyl halides is 3. The summed E-state index contributed by atoms with van der Waals surface area (Å²) in [5, 5.41) is 0. The number of amides is 1. The molecule has 1 unspecified atom stereocenters. The number of halogens is 3. The molecule has 3 heterocycles. The third-order valence-corrected chi connectivity index (χ3v) is 5.83. The molecule has 3 aromatic rings. The van der Waals surface area contributed by atoms with Crippen LogP contribution < -0.4 is 0 Å². The zero-order valence-corrected chi connectivity index (χ0v) is 18.1. The van der Waals surface area contributed by atoms with Crippen LogP contribution in [0.1, 0.15) is 29.4 Å². The summed E-state index contributed by atoms with van der Waals surface area (Å²) in [6.45, 7) is 6.66. The van der Waals surface area contributed by atoms with Crippen molar-refractivity contribution in [2.75, 3.05) is 26.2 Å². The molecule has 4 rings (SSSR count). The number of aryl methyl sites for hydroxylation is 1. The highest BCUT2D eigenvalue weighted by Crippen LogP contribution is 2.29. The predicted molar refractivity (Wildman–Crippen MR) is 114 cm³/mol. The lowest BCUT2D eigenvalue weighted by Gasteiger charge is -2.24. The Hall–Kier alpha value is -2.94. The summed E-state index contributed by atoms with van der Waals surface area (Å²) >= 11 is 0. The molecule has 0 bridgehead atoms. The molecule has 1 atom stereocenters. The highest BCUT2D eigenvalue weighted by Gasteiger charge is 2.30. The maximum atomic E-state index is 12.8. The number of imidazole rings is 1. The van der Waals surface area contributed by atoms with Crippen molar-refractivity contribution in [3.63, 3.8) is 0 Å². The quantitative estimate of drug-likeness (QED) is 0.616. The number of hydrogen-bond donors (Lipinski definition) is 0. The van der Waals surface area contributed by atoms with Crippen molar-refractivity contribution in [3.05, 3.63) is 65.4 Å². The van der Waals surface area contributed by atoms with Gasteiger partial charge in [0.1, 0.15) is 0 Å². The number of aromatic nitrogens is 3. The summed E-state index contributed by atoms with van der Waals surface area (Å²) in [6, 6.07) is 5.31. The Morgan fingerprint density at radius 2 is 1.88 bits per heavy atom. The standard InChI is InChI=1S/C23H26F3N5O/c1-16-11-31-15-21(27-10-22(31)28-16)9-19-13-29(7-8-30(14-19)17(2)32)12-18-3-5-20(6-4-18)23(24,25)26/h3-6,10-11,15,19H,7-9,12-14H2,1-2H3. The first-order valence-corrected chi connectivity index (χ1v) is 10.6. The van der Waals surface area contributed by atoms with Gasteiger partial charge in [0.2, 0.25) is 5.91 Å². The first-order chi connectivity index (χ1) is 15.2. The van der Waals surface area contributed by atoms with Crippen molar-refractivity contribution < 1.29 is 18.0 Å². The summed E-state index contributed by atoms with van der Waals surface area (Å²) in [7, 11) is 0. The summed E-state index contributed by atoms with van der Waals surface area (Å²) in [5.41, 5.74) is 2.81. The molecule has 0 aliphatic carbocycles. The maximum Gasteiger partial charge on any atom is 0.416 e. The van der Waals surface area contributed by atoms with Crippen molar-refractivity contribution in [2.45, 2.75) is 33.0 Å². The van der Waals surface area contributed by atoms with Crippen LogP contribution in [0, 0.1) is 12.8 Å². The van der Waals surface area contributed by atoms with E-state index in [0.29, 0.717) is 32.6 Å². The van der Waals surface area contributed by atoms with Gasteiger partial charge in [0.15, 0.2) is 5.65 Å². The molecule has 1 fully saturated rings. The lowest BCUT2D eigenvalue weighted by molar-refractivity contribution is -0.137. The van der Waals surface area contributed by atoms with E-state index in [1.165, 1.54) is 12.1 Å². The fourth-order valence-electron chi connectivity index (χ4n) is 4.26. The van der Waals surface area contributed by atoms with E-state index in [-0.39, 0.29) is 11.8 Å². The highest BCUT2D eigenvalue weighted by molar-refractivity contribution is 5.73. The fraction of sp³-hybridized carbons (Fsp3) is 0.435. The predicted octanol–water partition coefficient (Wildman–Crippen LogP) is 3.58. The minimum absolute atomic E-state index is 0.0278. The molecule has 1 saturated heterocycles. The fourth-order valence-corrected chi connectivity index (χ4v) is 4.26. The molecule has 0 spiro atoms. The van der Waals surface area contributed by atoms with Gasteiger partial charge in [-0.1, -0.05) is 12.1 Å². The lowest BCUT2D eigenvalue weighted by atomic mass is 10.0. The average Bonchev–Trinajstić information content (AvgIpc) is 2.97. The van der Waals surface area contributed by atoms with Crippen molar-refractivity contribution in [1.29, 1.82) is 0 Å². The van der Waals surface area contributed by atoms with Gasteiger partial charge in [-0.3, -0.25) is 14.7 Å². The van der Waals surface area contributed by atoms with Gasteiger partial charge in [0.05, 0.1) is 23.1 Å². The van der Waals surface area contributed by atoms with Crippen molar-refractivity contribution in [1.82, 2.24) is 24.2 Å². The number of rotatable bonds is 4. The van der Waals surface area contributed by atoms with Crippen LogP contribution in [-0.4, -0.2) is 56.3 Å². The van der Waals surface area contributed by atoms with Gasteiger partial charge in [0.25, 0.3) is 0 Å². The van der Waals surface area contributed by atoms with E-state index in [4.69, 9.17) is 0 Å². The molecule has 0 N–H and O–H groups in total. The Balaban J connectivity index is 1.49. The van der Waals surface area contributed by atoms with E-state index in [9.17, 15) is 18.0 Å². The number of hydrogen-bond acceptors (Lipinski definition) is 4. The second-order valence-corrected chi connectivity index (χ2v) is 8.49. The molecule has 1 amide bonds. The second-order valence-electron chi connectivity index (χ2n) is 8.49. The van der Waals surface area contributed by atoms with Crippen molar-refractivity contribution in [2.24, 2.45) is 5.92 Å². The van der Waals surface area contributed by atoms with Gasteiger partial charge in [-0.2, -0.15) is 13.2 Å². The van der Waals surface area contributed by atoms with E-state index in [2.05, 4.69) is 14.9 Å². The Bertz CT molecular complexity index is 1090. The molecule has 0 saturated carbocycles. The van der Waals surface area contributed by atoms with Gasteiger partial charge < -0.3 is 9.30 Å². The largest absolute Gasteiger partial charge is 0.416 e. The van der Waals surface area contributed by atoms with Crippen molar-refractivity contribution in [3.8, 4) is 0 Å². The van der Waals surface area contributed by atoms with E-state index < -0.39 is 11.7 Å². The van der Waals surface area contributed by atoms with Gasteiger partial charge in [-0.05, 0) is 37.0 Å². The Morgan fingerprint density at radius 1 is 1.12 bits per heavy atom. The van der Waals surface area contributed by atoms with Gasteiger partial charge in [0, 0.05) is 52.0 Å². The first kappa shape index (κ1) is 22.3. The molecule has 9 heteroatoms. The molecule has 0 radical (unpaired) electrons. The smallest absolute Gasteiger partial charge is 0.341 e. The minimum Gasteiger partial charge on any atom is -0.341 e. The van der Waals surface area contributed by atoms with E-state index >= 15 is 0 Å². The number of benzene rings is 1. The summed E-state index contributed by atoms with van der Waals surface area (Å²) in [6.07, 6.45) is 2.03. The van der Waals surface area contributed by atoms with Crippen LogP contribution >= 0.6 is 0 Å². The van der Waals surface area contributed by atoms with Crippen LogP contribution in [0.15, 0.2) is 42.9 Å². The second kappa shape index (κ2) is 8.90. The molecule has 1 aliphatic rings.